The predicted octanol–water partition coefficient (Wildman–Crippen LogP) is 7.15. The molecule has 0 saturated carbocycles. The van der Waals surface area contributed by atoms with Gasteiger partial charge in [0.2, 0.25) is 5.75 Å². The highest BCUT2D eigenvalue weighted by Crippen LogP contribution is 2.49. The van der Waals surface area contributed by atoms with Crippen molar-refractivity contribution in [3.05, 3.63) is 101 Å². The molecule has 2 aliphatic rings. The number of ketones is 1. The number of hydrogen-bond acceptors (Lipinski definition) is 10. The lowest BCUT2D eigenvalue weighted by Gasteiger charge is -2.32. The van der Waals surface area contributed by atoms with Crippen LogP contribution in [0.2, 0.25) is 0 Å². The zero-order valence-corrected chi connectivity index (χ0v) is 28.6. The first kappa shape index (κ1) is 34.0. The number of nitrogens with one attached hydrogen (secondary N) is 1. The Bertz CT molecular complexity index is 2110. The molecule has 1 aliphatic carbocycles. The number of nitrogens with zero attached hydrogens (tertiary/aromatic N) is 1. The van der Waals surface area contributed by atoms with Crippen molar-refractivity contribution < 1.29 is 39.8 Å². The van der Waals surface area contributed by atoms with E-state index in [-0.39, 0.29) is 53.3 Å². The third kappa shape index (κ3) is 6.83. The minimum Gasteiger partial charge on any atom is -0.508 e. The molecule has 0 fully saturated rings. The number of aryl methyl sites for hydroxylation is 2. The first-order valence-electron chi connectivity index (χ1n) is 17.3. The third-order valence-electron chi connectivity index (χ3n) is 10.6. The van der Waals surface area contributed by atoms with Gasteiger partial charge < -0.3 is 40.3 Å². The number of ether oxygens (including phenoxy) is 2. The smallest absolute Gasteiger partial charge is 0.200 e. The highest BCUT2D eigenvalue weighted by atomic mass is 16.5. The highest BCUT2D eigenvalue weighted by Gasteiger charge is 2.34. The third-order valence-corrected chi connectivity index (χ3v) is 10.6. The molecule has 0 spiro atoms. The fourth-order valence-electron chi connectivity index (χ4n) is 8.01. The Labute approximate surface area is 296 Å². The number of Topliss-reactive ketones (excluding diaryl/α,β-unsaturated/α-hetero) is 1. The molecule has 0 saturated heterocycles. The van der Waals surface area contributed by atoms with Crippen LogP contribution in [0.4, 0.5) is 11.5 Å². The van der Waals surface area contributed by atoms with E-state index in [9.17, 15) is 30.3 Å². The molecule has 4 aromatic carbocycles. The Morgan fingerprint density at radius 3 is 2.51 bits per heavy atom. The molecule has 0 amide bonds. The van der Waals surface area contributed by atoms with Crippen LogP contribution >= 0.6 is 0 Å². The lowest BCUT2D eigenvalue weighted by molar-refractivity contribution is -0.127. The van der Waals surface area contributed by atoms with Gasteiger partial charge in [-0.3, -0.25) is 4.79 Å². The Morgan fingerprint density at radius 1 is 0.882 bits per heavy atom. The quantitative estimate of drug-likeness (QED) is 0.0968. The molecular weight excluding hydrogens is 648 g/mol. The van der Waals surface area contributed by atoms with Gasteiger partial charge in [0.25, 0.3) is 0 Å². The summed E-state index contributed by atoms with van der Waals surface area (Å²) in [6.45, 7) is 0. The number of hydrogen-bond donors (Lipinski definition) is 6. The van der Waals surface area contributed by atoms with Crippen molar-refractivity contribution in [3.63, 3.8) is 0 Å². The molecule has 1 aliphatic heterocycles. The van der Waals surface area contributed by atoms with E-state index >= 15 is 0 Å². The lowest BCUT2D eigenvalue weighted by Crippen LogP contribution is -2.32. The molecule has 6 N–H and O–H groups in total. The van der Waals surface area contributed by atoms with Crippen molar-refractivity contribution >= 4 is 28.1 Å². The maximum absolute atomic E-state index is 14.6. The molecule has 4 unspecified atom stereocenters. The van der Waals surface area contributed by atoms with E-state index in [1.54, 1.807) is 36.5 Å². The van der Waals surface area contributed by atoms with E-state index in [4.69, 9.17) is 9.47 Å². The van der Waals surface area contributed by atoms with Gasteiger partial charge in [-0.25, -0.2) is 4.98 Å². The molecular formula is C41H42N2O8. The molecule has 264 valence electrons. The van der Waals surface area contributed by atoms with E-state index in [0.717, 1.165) is 51.6 Å². The first-order valence-corrected chi connectivity index (χ1v) is 17.3. The van der Waals surface area contributed by atoms with Crippen LogP contribution in [-0.2, 0) is 24.1 Å². The molecule has 4 atom stereocenters. The second-order valence-electron chi connectivity index (χ2n) is 13.8. The number of aromatic nitrogens is 1. The van der Waals surface area contributed by atoms with Crippen molar-refractivity contribution in [1.82, 2.24) is 4.98 Å². The number of methoxy groups -OCH3 is 2. The van der Waals surface area contributed by atoms with Crippen molar-refractivity contribution in [2.24, 2.45) is 5.92 Å². The normalized spacial score (nSPS) is 19.3. The summed E-state index contributed by atoms with van der Waals surface area (Å²) in [5, 5.41) is 59.1. The zero-order valence-electron chi connectivity index (χ0n) is 28.6. The molecule has 0 radical (unpaired) electrons. The van der Waals surface area contributed by atoms with E-state index < -0.39 is 17.9 Å². The number of benzene rings is 4. The van der Waals surface area contributed by atoms with Gasteiger partial charge in [-0.1, -0.05) is 12.1 Å². The predicted molar refractivity (Wildman–Crippen MR) is 194 cm³/mol. The summed E-state index contributed by atoms with van der Waals surface area (Å²) in [5.74, 6) is -0.688. The van der Waals surface area contributed by atoms with Gasteiger partial charge in [0.1, 0.15) is 17.4 Å². The van der Waals surface area contributed by atoms with Crippen LogP contribution in [0.25, 0.3) is 10.8 Å². The molecule has 7 rings (SSSR count). The van der Waals surface area contributed by atoms with E-state index in [1.807, 2.05) is 30.3 Å². The number of carbonyl (C=O) groups is 1. The first-order chi connectivity index (χ1) is 24.6. The van der Waals surface area contributed by atoms with Crippen LogP contribution in [0.5, 0.6) is 34.5 Å². The number of aliphatic hydroxyl groups excluding tert-OH is 1. The summed E-state index contributed by atoms with van der Waals surface area (Å²) in [4.78, 5) is 19.2. The van der Waals surface area contributed by atoms with Gasteiger partial charge in [-0.15, -0.1) is 0 Å². The summed E-state index contributed by atoms with van der Waals surface area (Å²) in [6.07, 6.45) is 3.86. The number of carbonyl (C=O) groups excluding carboxylic acids is 1. The molecule has 1 aromatic heterocycles. The fraction of sp³-hybridized carbons (Fsp3) is 0.317. The largest absolute Gasteiger partial charge is 0.508 e. The van der Waals surface area contributed by atoms with Gasteiger partial charge >= 0.3 is 0 Å². The summed E-state index contributed by atoms with van der Waals surface area (Å²) in [5.41, 5.74) is 5.36. The molecule has 10 heteroatoms. The summed E-state index contributed by atoms with van der Waals surface area (Å²) >= 11 is 0. The van der Waals surface area contributed by atoms with Gasteiger partial charge in [0, 0.05) is 24.2 Å². The second-order valence-corrected chi connectivity index (χ2v) is 13.8. The second kappa shape index (κ2) is 14.0. The molecule has 10 nitrogen and oxygen atoms in total. The van der Waals surface area contributed by atoms with Crippen LogP contribution in [0.15, 0.2) is 72.9 Å². The number of anilines is 2. The Balaban J connectivity index is 1.31. The number of phenolic OH excluding ortho intramolecular Hbond substituents is 4. The molecule has 5 aromatic rings. The van der Waals surface area contributed by atoms with Crippen molar-refractivity contribution in [2.45, 2.75) is 62.9 Å². The lowest BCUT2D eigenvalue weighted by atomic mass is 9.73. The Hall–Kier alpha value is -5.48. The minimum atomic E-state index is -0.985. The number of rotatable bonds is 7. The maximum Gasteiger partial charge on any atom is 0.200 e. The molecule has 51 heavy (non-hydrogen) atoms. The number of aliphatic hydroxyl groups is 1. The Kier molecular flexibility index (Phi) is 9.35. The van der Waals surface area contributed by atoms with Crippen LogP contribution in [0.1, 0.15) is 65.3 Å². The molecule has 2 heterocycles. The highest BCUT2D eigenvalue weighted by molar-refractivity contribution is 5.96. The maximum atomic E-state index is 14.6. The van der Waals surface area contributed by atoms with Crippen LogP contribution in [-0.4, -0.2) is 56.6 Å². The Morgan fingerprint density at radius 2 is 1.71 bits per heavy atom. The monoisotopic (exact) mass is 690 g/mol. The van der Waals surface area contributed by atoms with Crippen molar-refractivity contribution in [2.75, 3.05) is 19.5 Å². The van der Waals surface area contributed by atoms with E-state index in [0.29, 0.717) is 36.4 Å². The van der Waals surface area contributed by atoms with Gasteiger partial charge in [0.05, 0.1) is 20.3 Å². The number of fused-ring (bicyclic) bond motifs is 2. The number of phenols is 4. The number of aromatic hydroxyl groups is 4. The standard InChI is InChI=1S/C41H42N2O8/c1-50-36-14-22(4-10-33(36)46)3-9-32(45)30-13-23-11-12-42-38(15-23)43-31-8-7-26-18-29(44)17-25-6-5-24(40(31)39(25)26)16-27(19-34(30)47)28-20-35(48)41(49)37(21-28)51-2/h4,7-8,10-12,14-15,17-18,20-21,24,27,30,32,44-46,48-49H,3,5-6,9,13,16,19H2,1-2H3,(H,42,43). The fourth-order valence-corrected chi connectivity index (χ4v) is 8.01. The average Bonchev–Trinajstić information content (AvgIpc) is 3.12. The van der Waals surface area contributed by atoms with E-state index in [2.05, 4.69) is 10.3 Å². The van der Waals surface area contributed by atoms with Crippen molar-refractivity contribution in [3.8, 4) is 34.5 Å². The van der Waals surface area contributed by atoms with Crippen LogP contribution < -0.4 is 14.8 Å². The SMILES string of the molecule is COc1cc(CCC(O)C2Cc3ccnc(c3)Nc3ccc4cc(O)cc5c4c3C(CC5)CC(c3cc(O)c(O)c(OC)c3)CC2=O)ccc1O. The minimum absolute atomic E-state index is 0.0234. The van der Waals surface area contributed by atoms with Crippen molar-refractivity contribution in [1.29, 1.82) is 0 Å². The topological polar surface area (TPSA) is 162 Å². The van der Waals surface area contributed by atoms with Crippen LogP contribution in [0.3, 0.4) is 0 Å². The average molecular weight is 691 g/mol. The summed E-state index contributed by atoms with van der Waals surface area (Å²) in [6, 6.07) is 19.6. The summed E-state index contributed by atoms with van der Waals surface area (Å²) < 4.78 is 10.7. The van der Waals surface area contributed by atoms with E-state index in [1.165, 1.54) is 20.3 Å². The van der Waals surface area contributed by atoms with Gasteiger partial charge in [-0.05, 0) is 144 Å². The molecule has 2 bridgehead atoms. The van der Waals surface area contributed by atoms with Crippen LogP contribution in [0, 0.1) is 5.92 Å². The van der Waals surface area contributed by atoms with Gasteiger partial charge in [-0.2, -0.15) is 0 Å². The zero-order chi connectivity index (χ0) is 35.8. The summed E-state index contributed by atoms with van der Waals surface area (Å²) in [7, 11) is 2.90. The van der Waals surface area contributed by atoms with Gasteiger partial charge in [0.15, 0.2) is 23.0 Å². The number of pyridine rings is 1.